The Morgan fingerprint density at radius 2 is 1.97 bits per heavy atom. The van der Waals surface area contributed by atoms with Crippen LogP contribution in [-0.4, -0.2) is 23.9 Å². The Morgan fingerprint density at radius 1 is 1.16 bits per heavy atom. The van der Waals surface area contributed by atoms with Crippen molar-refractivity contribution in [1.29, 1.82) is 0 Å². The van der Waals surface area contributed by atoms with Gasteiger partial charge in [-0.15, -0.1) is 11.6 Å². The number of anilines is 1. The smallest absolute Gasteiger partial charge is 0.239 e. The number of aromatic amines is 1. The summed E-state index contributed by atoms with van der Waals surface area (Å²) in [5.41, 5.74) is 7.41. The average molecular weight is 441 g/mol. The number of carbonyl (C=O) groups is 1. The number of amides is 1. The van der Waals surface area contributed by atoms with Gasteiger partial charge in [0, 0.05) is 16.5 Å². The third-order valence-corrected chi connectivity index (χ3v) is 6.34. The SMILES string of the molecule is COOCc1ccc2c(C3CCCCC3)c(-c3ccc(C)cc3NC(=O)CCl)[nH]c2c1. The van der Waals surface area contributed by atoms with E-state index >= 15 is 0 Å². The standard InChI is InChI=1S/C25H29ClN2O3/c1-16-8-10-20(21(12-16)27-23(29)14-26)25-24(18-6-4-3-5-7-18)19-11-9-17(15-31-30-2)13-22(19)28-25/h8-13,18,28H,3-7,14-15H2,1-2H3,(H,27,29). The van der Waals surface area contributed by atoms with Gasteiger partial charge in [-0.2, -0.15) is 0 Å². The van der Waals surface area contributed by atoms with Crippen LogP contribution in [0.2, 0.25) is 0 Å². The van der Waals surface area contributed by atoms with E-state index in [1.54, 1.807) is 0 Å². The molecule has 4 rings (SSSR count). The molecule has 0 atom stereocenters. The molecule has 0 spiro atoms. The number of carbonyl (C=O) groups excluding carboxylic acids is 1. The lowest BCUT2D eigenvalue weighted by Gasteiger charge is -2.23. The number of aryl methyl sites for hydroxylation is 1. The van der Waals surface area contributed by atoms with E-state index in [-0.39, 0.29) is 11.8 Å². The minimum Gasteiger partial charge on any atom is -0.354 e. The molecule has 0 aliphatic heterocycles. The summed E-state index contributed by atoms with van der Waals surface area (Å²) in [6.07, 6.45) is 6.17. The number of hydrogen-bond acceptors (Lipinski definition) is 3. The topological polar surface area (TPSA) is 63.4 Å². The van der Waals surface area contributed by atoms with E-state index in [2.05, 4.69) is 40.6 Å². The van der Waals surface area contributed by atoms with Crippen LogP contribution in [0.3, 0.4) is 0 Å². The van der Waals surface area contributed by atoms with Gasteiger partial charge in [-0.25, -0.2) is 9.78 Å². The largest absolute Gasteiger partial charge is 0.354 e. The zero-order valence-corrected chi connectivity index (χ0v) is 18.8. The van der Waals surface area contributed by atoms with Crippen LogP contribution in [-0.2, 0) is 21.2 Å². The summed E-state index contributed by atoms with van der Waals surface area (Å²) in [5, 5.41) is 4.22. The lowest BCUT2D eigenvalue weighted by Crippen LogP contribution is -2.14. The van der Waals surface area contributed by atoms with Crippen LogP contribution in [0.1, 0.15) is 54.7 Å². The Bertz CT molecular complexity index is 1070. The minimum absolute atomic E-state index is 0.0710. The summed E-state index contributed by atoms with van der Waals surface area (Å²) in [4.78, 5) is 25.7. The van der Waals surface area contributed by atoms with E-state index in [0.717, 1.165) is 33.6 Å². The zero-order chi connectivity index (χ0) is 21.8. The number of halogens is 1. The predicted molar refractivity (Wildman–Crippen MR) is 125 cm³/mol. The van der Waals surface area contributed by atoms with Crippen molar-refractivity contribution >= 4 is 34.1 Å². The van der Waals surface area contributed by atoms with Crippen LogP contribution < -0.4 is 5.32 Å². The van der Waals surface area contributed by atoms with Crippen LogP contribution in [0.4, 0.5) is 5.69 Å². The van der Waals surface area contributed by atoms with Gasteiger partial charge in [0.25, 0.3) is 0 Å². The summed E-state index contributed by atoms with van der Waals surface area (Å²) in [7, 11) is 1.51. The molecule has 0 saturated heterocycles. The molecule has 1 aliphatic rings. The van der Waals surface area contributed by atoms with Gasteiger partial charge in [0.1, 0.15) is 12.5 Å². The lowest BCUT2D eigenvalue weighted by atomic mass is 9.81. The first-order valence-electron chi connectivity index (χ1n) is 10.9. The van der Waals surface area contributed by atoms with Crippen molar-refractivity contribution in [3.05, 3.63) is 53.1 Å². The summed E-state index contributed by atoms with van der Waals surface area (Å²) in [6.45, 7) is 2.41. The fourth-order valence-electron chi connectivity index (χ4n) is 4.67. The number of aromatic nitrogens is 1. The first-order chi connectivity index (χ1) is 15.1. The molecular weight excluding hydrogens is 412 g/mol. The highest BCUT2D eigenvalue weighted by atomic mass is 35.5. The molecule has 0 unspecified atom stereocenters. The van der Waals surface area contributed by atoms with Gasteiger partial charge >= 0.3 is 0 Å². The van der Waals surface area contributed by atoms with Crippen LogP contribution in [0.5, 0.6) is 0 Å². The number of alkyl halides is 1. The Balaban J connectivity index is 1.87. The molecule has 5 nitrogen and oxygen atoms in total. The van der Waals surface area contributed by atoms with Crippen molar-refractivity contribution in [1.82, 2.24) is 4.98 Å². The summed E-state index contributed by atoms with van der Waals surface area (Å²) in [5.74, 6) is 0.220. The number of rotatable bonds is 7. The highest BCUT2D eigenvalue weighted by Gasteiger charge is 2.25. The van der Waals surface area contributed by atoms with Crippen molar-refractivity contribution < 1.29 is 14.6 Å². The van der Waals surface area contributed by atoms with Gasteiger partial charge in [0.05, 0.1) is 18.5 Å². The fraction of sp³-hybridized carbons (Fsp3) is 0.400. The second-order valence-corrected chi connectivity index (χ2v) is 8.56. The van der Waals surface area contributed by atoms with E-state index in [1.807, 2.05) is 13.0 Å². The third kappa shape index (κ3) is 4.79. The van der Waals surface area contributed by atoms with Crippen LogP contribution in [0, 0.1) is 6.92 Å². The van der Waals surface area contributed by atoms with E-state index in [0.29, 0.717) is 12.5 Å². The second kappa shape index (κ2) is 9.86. The van der Waals surface area contributed by atoms with E-state index in [1.165, 1.54) is 50.2 Å². The molecule has 164 valence electrons. The Hall–Kier alpha value is -2.34. The summed E-state index contributed by atoms with van der Waals surface area (Å²) in [6, 6.07) is 12.6. The zero-order valence-electron chi connectivity index (χ0n) is 18.1. The van der Waals surface area contributed by atoms with Gasteiger partial charge in [-0.05, 0) is 54.5 Å². The van der Waals surface area contributed by atoms with Gasteiger partial charge in [-0.3, -0.25) is 4.79 Å². The third-order valence-electron chi connectivity index (χ3n) is 6.10. The molecule has 1 amide bonds. The molecule has 2 N–H and O–H groups in total. The number of H-pyrrole nitrogens is 1. The van der Waals surface area contributed by atoms with Crippen molar-refractivity contribution in [2.24, 2.45) is 0 Å². The summed E-state index contributed by atoms with van der Waals surface area (Å²) < 4.78 is 0. The highest BCUT2D eigenvalue weighted by molar-refractivity contribution is 6.29. The van der Waals surface area contributed by atoms with Crippen molar-refractivity contribution in [2.45, 2.75) is 51.6 Å². The quantitative estimate of drug-likeness (QED) is 0.252. The predicted octanol–water partition coefficient (Wildman–Crippen LogP) is 6.45. The van der Waals surface area contributed by atoms with E-state index in [9.17, 15) is 4.79 Å². The molecule has 1 fully saturated rings. The van der Waals surface area contributed by atoms with Crippen molar-refractivity contribution in [2.75, 3.05) is 18.3 Å². The van der Waals surface area contributed by atoms with Crippen LogP contribution >= 0.6 is 11.6 Å². The maximum absolute atomic E-state index is 12.1. The molecule has 0 radical (unpaired) electrons. The first kappa shape index (κ1) is 21.9. The maximum atomic E-state index is 12.1. The van der Waals surface area contributed by atoms with E-state index in [4.69, 9.17) is 21.4 Å². The minimum atomic E-state index is -0.206. The Labute approximate surface area is 188 Å². The molecule has 0 bridgehead atoms. The first-order valence-corrected chi connectivity index (χ1v) is 11.4. The van der Waals surface area contributed by atoms with Gasteiger partial charge in [-0.1, -0.05) is 43.5 Å². The molecule has 3 aromatic rings. The highest BCUT2D eigenvalue weighted by Crippen LogP contribution is 2.44. The molecule has 31 heavy (non-hydrogen) atoms. The molecule has 1 saturated carbocycles. The molecule has 1 aromatic heterocycles. The van der Waals surface area contributed by atoms with Gasteiger partial charge < -0.3 is 10.3 Å². The lowest BCUT2D eigenvalue weighted by molar-refractivity contribution is -0.282. The van der Waals surface area contributed by atoms with Crippen molar-refractivity contribution in [3.63, 3.8) is 0 Å². The summed E-state index contributed by atoms with van der Waals surface area (Å²) >= 11 is 5.77. The van der Waals surface area contributed by atoms with Gasteiger partial charge in [0.15, 0.2) is 0 Å². The molecular formula is C25H29ClN2O3. The molecule has 2 aromatic carbocycles. The number of benzene rings is 2. The average Bonchev–Trinajstić information content (AvgIpc) is 3.16. The normalized spacial score (nSPS) is 14.8. The number of hydrogen-bond donors (Lipinski definition) is 2. The monoisotopic (exact) mass is 440 g/mol. The van der Waals surface area contributed by atoms with Crippen molar-refractivity contribution in [3.8, 4) is 11.3 Å². The fourth-order valence-corrected chi connectivity index (χ4v) is 4.74. The van der Waals surface area contributed by atoms with Crippen LogP contribution in [0.25, 0.3) is 22.2 Å². The second-order valence-electron chi connectivity index (χ2n) is 8.29. The number of fused-ring (bicyclic) bond motifs is 1. The van der Waals surface area contributed by atoms with Gasteiger partial charge in [0.2, 0.25) is 5.91 Å². The van der Waals surface area contributed by atoms with Crippen LogP contribution in [0.15, 0.2) is 36.4 Å². The molecule has 6 heteroatoms. The molecule has 1 heterocycles. The Kier molecular flexibility index (Phi) is 6.96. The van der Waals surface area contributed by atoms with E-state index < -0.39 is 0 Å². The maximum Gasteiger partial charge on any atom is 0.239 e. The molecule has 1 aliphatic carbocycles. The number of nitrogens with one attached hydrogen (secondary N) is 2. The Morgan fingerprint density at radius 3 is 2.71 bits per heavy atom.